The van der Waals surface area contributed by atoms with Crippen molar-refractivity contribution in [3.8, 4) is 0 Å². The number of β-amino-alcohol motifs (C(OH)–C–C–N with tert-alkyl or cyclic N) is 1. The van der Waals surface area contributed by atoms with Gasteiger partial charge in [-0.05, 0) is 48.2 Å². The van der Waals surface area contributed by atoms with Crippen molar-refractivity contribution in [1.82, 2.24) is 10.2 Å². The van der Waals surface area contributed by atoms with Crippen molar-refractivity contribution >= 4 is 5.91 Å². The van der Waals surface area contributed by atoms with E-state index in [4.69, 9.17) is 9.47 Å². The number of hydrogen-bond acceptors (Lipinski definition) is 5. The number of hydrogen-bond donors (Lipinski definition) is 2. The second-order valence-electron chi connectivity index (χ2n) is 8.80. The highest BCUT2D eigenvalue weighted by Gasteiger charge is 2.38. The van der Waals surface area contributed by atoms with Crippen LogP contribution in [0.15, 0.2) is 48.5 Å². The molecular formula is C25H30F2N2O4. The molecule has 2 aliphatic rings. The number of fused-ring (bicyclic) bond motifs is 1. The number of nitrogens with one attached hydrogen (secondary N) is 1. The molecule has 0 unspecified atom stereocenters. The number of amides is 1. The summed E-state index contributed by atoms with van der Waals surface area (Å²) < 4.78 is 38.9. The van der Waals surface area contributed by atoms with Crippen LogP contribution in [-0.2, 0) is 27.4 Å². The van der Waals surface area contributed by atoms with Crippen molar-refractivity contribution in [2.24, 2.45) is 0 Å². The van der Waals surface area contributed by atoms with Gasteiger partial charge in [-0.15, -0.1) is 0 Å². The number of carbonyl (C=O) groups excluding carboxylic acids is 1. The lowest BCUT2D eigenvalue weighted by Crippen LogP contribution is -2.55. The Bertz CT molecular complexity index is 944. The Morgan fingerprint density at radius 3 is 2.55 bits per heavy atom. The number of aliphatic hydroxyl groups is 1. The lowest BCUT2D eigenvalue weighted by molar-refractivity contribution is -0.158. The first kappa shape index (κ1) is 23.8. The van der Waals surface area contributed by atoms with Crippen molar-refractivity contribution in [3.63, 3.8) is 0 Å². The quantitative estimate of drug-likeness (QED) is 0.694. The van der Waals surface area contributed by atoms with Gasteiger partial charge in [-0.25, -0.2) is 8.78 Å². The summed E-state index contributed by atoms with van der Waals surface area (Å²) in [5, 5.41) is 13.1. The highest BCUT2D eigenvalue weighted by atomic mass is 19.1. The first-order valence-electron chi connectivity index (χ1n) is 11.4. The van der Waals surface area contributed by atoms with Crippen molar-refractivity contribution in [2.45, 2.75) is 56.7 Å². The monoisotopic (exact) mass is 460 g/mol. The third kappa shape index (κ3) is 6.80. The van der Waals surface area contributed by atoms with Gasteiger partial charge in [0.2, 0.25) is 5.91 Å². The van der Waals surface area contributed by atoms with E-state index in [1.54, 1.807) is 18.2 Å². The van der Waals surface area contributed by atoms with Gasteiger partial charge >= 0.3 is 0 Å². The number of aliphatic hydroxyl groups excluding tert-OH is 1. The molecule has 0 aromatic heterocycles. The molecule has 6 nitrogen and oxygen atoms in total. The van der Waals surface area contributed by atoms with Gasteiger partial charge in [0.1, 0.15) is 11.6 Å². The van der Waals surface area contributed by atoms with E-state index < -0.39 is 6.10 Å². The average molecular weight is 461 g/mol. The van der Waals surface area contributed by atoms with Crippen LogP contribution in [0.3, 0.4) is 0 Å². The summed E-state index contributed by atoms with van der Waals surface area (Å²) in [5.74, 6) is -0.772. The molecule has 178 valence electrons. The number of benzene rings is 2. The molecular weight excluding hydrogens is 430 g/mol. The van der Waals surface area contributed by atoms with E-state index in [1.807, 2.05) is 6.07 Å². The summed E-state index contributed by atoms with van der Waals surface area (Å²) in [7, 11) is 0. The first-order chi connectivity index (χ1) is 16.0. The maximum Gasteiger partial charge on any atom is 0.222 e. The number of nitrogens with zero attached hydrogens (tertiary/aromatic N) is 1. The Morgan fingerprint density at radius 2 is 1.79 bits per heavy atom. The second-order valence-corrected chi connectivity index (χ2v) is 8.80. The molecule has 2 N–H and O–H groups in total. The lowest BCUT2D eigenvalue weighted by Gasteiger charge is -2.44. The predicted molar refractivity (Wildman–Crippen MR) is 118 cm³/mol. The molecule has 2 aromatic rings. The maximum atomic E-state index is 13.7. The minimum absolute atomic E-state index is 0.00479. The van der Waals surface area contributed by atoms with Crippen LogP contribution in [0.25, 0.3) is 0 Å². The third-order valence-corrected chi connectivity index (χ3v) is 6.15. The number of rotatable bonds is 6. The van der Waals surface area contributed by atoms with Crippen LogP contribution < -0.4 is 5.32 Å². The molecule has 0 aliphatic carbocycles. The summed E-state index contributed by atoms with van der Waals surface area (Å²) in [6.45, 7) is 1.68. The highest BCUT2D eigenvalue weighted by Crippen LogP contribution is 2.29. The molecule has 2 saturated heterocycles. The van der Waals surface area contributed by atoms with Gasteiger partial charge in [0.15, 0.2) is 0 Å². The molecule has 0 bridgehead atoms. The minimum atomic E-state index is -0.633. The average Bonchev–Trinajstić information content (AvgIpc) is 2.77. The Kier molecular flexibility index (Phi) is 8.03. The van der Waals surface area contributed by atoms with Gasteiger partial charge in [-0.1, -0.05) is 24.3 Å². The van der Waals surface area contributed by atoms with Crippen LogP contribution in [0.1, 0.15) is 30.4 Å². The Labute approximate surface area is 192 Å². The highest BCUT2D eigenvalue weighted by molar-refractivity contribution is 5.76. The van der Waals surface area contributed by atoms with E-state index in [0.29, 0.717) is 31.7 Å². The topological polar surface area (TPSA) is 71.0 Å². The summed E-state index contributed by atoms with van der Waals surface area (Å²) in [5.41, 5.74) is 1.54. The van der Waals surface area contributed by atoms with Gasteiger partial charge in [0, 0.05) is 25.7 Å². The summed E-state index contributed by atoms with van der Waals surface area (Å²) >= 11 is 0. The summed E-state index contributed by atoms with van der Waals surface area (Å²) in [4.78, 5) is 14.6. The van der Waals surface area contributed by atoms with Crippen molar-refractivity contribution in [2.75, 3.05) is 19.8 Å². The van der Waals surface area contributed by atoms with Gasteiger partial charge in [0.05, 0.1) is 37.9 Å². The van der Waals surface area contributed by atoms with E-state index in [-0.39, 0.29) is 55.4 Å². The number of halogens is 2. The van der Waals surface area contributed by atoms with Crippen molar-refractivity contribution < 1.29 is 28.2 Å². The summed E-state index contributed by atoms with van der Waals surface area (Å²) in [6.07, 6.45) is 0.544. The number of carbonyl (C=O) groups is 1. The largest absolute Gasteiger partial charge is 0.389 e. The Morgan fingerprint density at radius 1 is 1.06 bits per heavy atom. The molecule has 2 aliphatic heterocycles. The SMILES string of the molecule is O=C(C[C@@H]1CC[C@@H]2[C@H](COC[C@@H](O)CN2Cc2cccc(F)c2)O1)NCc1cccc(F)c1. The Hall–Kier alpha value is -2.39. The molecule has 0 radical (unpaired) electrons. The van der Waals surface area contributed by atoms with Crippen LogP contribution in [-0.4, -0.2) is 60.0 Å². The fourth-order valence-electron chi connectivity index (χ4n) is 4.62. The smallest absolute Gasteiger partial charge is 0.222 e. The minimum Gasteiger partial charge on any atom is -0.389 e. The van der Waals surface area contributed by atoms with Gasteiger partial charge < -0.3 is 19.9 Å². The van der Waals surface area contributed by atoms with Crippen molar-refractivity contribution in [1.29, 1.82) is 0 Å². The number of ether oxygens (including phenoxy) is 2. The molecule has 2 fully saturated rings. The van der Waals surface area contributed by atoms with Crippen LogP contribution >= 0.6 is 0 Å². The fraction of sp³-hybridized carbons (Fsp3) is 0.480. The molecule has 2 aromatic carbocycles. The molecule has 4 atom stereocenters. The van der Waals surface area contributed by atoms with Crippen LogP contribution in [0.5, 0.6) is 0 Å². The zero-order valence-electron chi connectivity index (χ0n) is 18.5. The van der Waals surface area contributed by atoms with E-state index in [2.05, 4.69) is 10.2 Å². The third-order valence-electron chi connectivity index (χ3n) is 6.15. The molecule has 0 saturated carbocycles. The molecule has 33 heavy (non-hydrogen) atoms. The normalized spacial score (nSPS) is 26.2. The van der Waals surface area contributed by atoms with Gasteiger partial charge in [-0.2, -0.15) is 0 Å². The van der Waals surface area contributed by atoms with Crippen LogP contribution in [0.4, 0.5) is 8.78 Å². The van der Waals surface area contributed by atoms with E-state index >= 15 is 0 Å². The molecule has 0 spiro atoms. The standard InChI is InChI=1S/C25H30F2N2O4/c26-19-5-1-3-17(9-19)12-28-25(31)11-22-7-8-23-24(33-22)16-32-15-21(30)14-29(23)13-18-4-2-6-20(27)10-18/h1-6,9-10,21-24,30H,7-8,11-16H2,(H,28,31)/t21-,22-,23+,24-/m0/s1. The molecule has 4 rings (SSSR count). The van der Waals surface area contributed by atoms with Crippen LogP contribution in [0, 0.1) is 11.6 Å². The second kappa shape index (κ2) is 11.2. The van der Waals surface area contributed by atoms with E-state index in [1.165, 1.54) is 24.3 Å². The zero-order chi connectivity index (χ0) is 23.2. The Balaban J connectivity index is 1.34. The molecule has 8 heteroatoms. The lowest BCUT2D eigenvalue weighted by atomic mass is 9.94. The van der Waals surface area contributed by atoms with Gasteiger partial charge in [0.25, 0.3) is 0 Å². The molecule has 1 amide bonds. The zero-order valence-corrected chi connectivity index (χ0v) is 18.5. The predicted octanol–water partition coefficient (Wildman–Crippen LogP) is 2.78. The summed E-state index contributed by atoms with van der Waals surface area (Å²) in [6, 6.07) is 12.6. The van der Waals surface area contributed by atoms with E-state index in [9.17, 15) is 18.7 Å². The first-order valence-corrected chi connectivity index (χ1v) is 11.4. The molecule has 2 heterocycles. The maximum absolute atomic E-state index is 13.7. The van der Waals surface area contributed by atoms with Crippen LogP contribution in [0.2, 0.25) is 0 Å². The fourth-order valence-corrected chi connectivity index (χ4v) is 4.62. The van der Waals surface area contributed by atoms with Crippen molar-refractivity contribution in [3.05, 3.63) is 71.3 Å². The van der Waals surface area contributed by atoms with E-state index in [0.717, 1.165) is 12.0 Å². The van der Waals surface area contributed by atoms with Gasteiger partial charge in [-0.3, -0.25) is 9.69 Å².